The zero-order chi connectivity index (χ0) is 20.4. The van der Waals surface area contributed by atoms with Crippen molar-refractivity contribution in [2.75, 3.05) is 11.6 Å². The molecule has 144 valence electrons. The smallest absolute Gasteiger partial charge is 0.339 e. The molecule has 0 saturated carbocycles. The average molecular weight is 397 g/mol. The Morgan fingerprint density at radius 2 is 1.70 bits per heavy atom. The quantitative estimate of drug-likeness (QED) is 0.784. The van der Waals surface area contributed by atoms with Gasteiger partial charge in [0.15, 0.2) is 15.9 Å². The van der Waals surface area contributed by atoms with Crippen LogP contribution < -0.4 is 5.32 Å². The van der Waals surface area contributed by atoms with Gasteiger partial charge in [0.05, 0.1) is 10.5 Å². The molecule has 2 aromatic rings. The van der Waals surface area contributed by atoms with Gasteiger partial charge in [-0.15, -0.1) is 0 Å². The van der Waals surface area contributed by atoms with Gasteiger partial charge in [0.1, 0.15) is 17.3 Å². The molecule has 1 amide bonds. The van der Waals surface area contributed by atoms with Crippen LogP contribution in [-0.4, -0.2) is 32.7 Å². The zero-order valence-electron chi connectivity index (χ0n) is 14.7. The summed E-state index contributed by atoms with van der Waals surface area (Å²) < 4.78 is 55.4. The molecule has 2 rings (SSSR count). The van der Waals surface area contributed by atoms with Crippen LogP contribution in [0.2, 0.25) is 0 Å². The predicted molar refractivity (Wildman–Crippen MR) is 94.2 cm³/mol. The third kappa shape index (κ3) is 4.88. The second-order valence-electron chi connectivity index (χ2n) is 5.88. The van der Waals surface area contributed by atoms with Crippen LogP contribution in [-0.2, 0) is 19.4 Å². The first-order valence-electron chi connectivity index (χ1n) is 7.77. The lowest BCUT2D eigenvalue weighted by atomic mass is 10.1. The Bertz CT molecular complexity index is 985. The van der Waals surface area contributed by atoms with Gasteiger partial charge in [0.2, 0.25) is 0 Å². The van der Waals surface area contributed by atoms with Crippen LogP contribution in [0.3, 0.4) is 0 Å². The second-order valence-corrected chi connectivity index (χ2v) is 7.90. The molecule has 0 spiro atoms. The number of ether oxygens (including phenoxy) is 1. The molecule has 1 N–H and O–H groups in total. The van der Waals surface area contributed by atoms with E-state index in [1.807, 2.05) is 5.32 Å². The van der Waals surface area contributed by atoms with Gasteiger partial charge in [0, 0.05) is 6.26 Å². The van der Waals surface area contributed by atoms with Crippen LogP contribution in [0, 0.1) is 18.6 Å². The summed E-state index contributed by atoms with van der Waals surface area (Å²) in [5.74, 6) is -3.82. The van der Waals surface area contributed by atoms with Crippen molar-refractivity contribution in [1.29, 1.82) is 0 Å². The highest BCUT2D eigenvalue weighted by Crippen LogP contribution is 2.20. The largest absolute Gasteiger partial charge is 0.449 e. The number of carbonyl (C=O) groups excluding carboxylic acids is 2. The molecule has 0 heterocycles. The monoisotopic (exact) mass is 397 g/mol. The van der Waals surface area contributed by atoms with Crippen molar-refractivity contribution in [3.63, 3.8) is 0 Å². The van der Waals surface area contributed by atoms with Gasteiger partial charge in [-0.25, -0.2) is 22.0 Å². The van der Waals surface area contributed by atoms with Gasteiger partial charge in [-0.2, -0.15) is 0 Å². The van der Waals surface area contributed by atoms with E-state index < -0.39 is 45.1 Å². The van der Waals surface area contributed by atoms with Crippen molar-refractivity contribution < 1.29 is 31.5 Å². The normalized spacial score (nSPS) is 12.3. The fourth-order valence-corrected chi connectivity index (χ4v) is 2.82. The first-order valence-corrected chi connectivity index (χ1v) is 9.66. The van der Waals surface area contributed by atoms with Gasteiger partial charge in [-0.1, -0.05) is 12.1 Å². The van der Waals surface area contributed by atoms with Gasteiger partial charge in [-0.3, -0.25) is 4.79 Å². The Labute approximate surface area is 155 Å². The van der Waals surface area contributed by atoms with Crippen LogP contribution in [0.1, 0.15) is 22.8 Å². The summed E-state index contributed by atoms with van der Waals surface area (Å²) >= 11 is 0. The van der Waals surface area contributed by atoms with Gasteiger partial charge < -0.3 is 10.1 Å². The number of amides is 1. The van der Waals surface area contributed by atoms with Crippen LogP contribution in [0.4, 0.5) is 14.5 Å². The average Bonchev–Trinajstić information content (AvgIpc) is 2.57. The summed E-state index contributed by atoms with van der Waals surface area (Å²) in [6, 6.07) is 7.01. The number of rotatable bonds is 5. The van der Waals surface area contributed by atoms with E-state index in [9.17, 15) is 26.8 Å². The fourth-order valence-electron chi connectivity index (χ4n) is 2.17. The van der Waals surface area contributed by atoms with Crippen molar-refractivity contribution >= 4 is 27.4 Å². The first-order chi connectivity index (χ1) is 12.5. The highest BCUT2D eigenvalue weighted by Gasteiger charge is 2.23. The summed E-state index contributed by atoms with van der Waals surface area (Å²) in [5, 5.41) is 2.02. The van der Waals surface area contributed by atoms with Gasteiger partial charge in [-0.05, 0) is 43.7 Å². The lowest BCUT2D eigenvalue weighted by molar-refractivity contribution is -0.123. The van der Waals surface area contributed by atoms with E-state index in [0.29, 0.717) is 5.56 Å². The molecule has 9 heteroatoms. The number of esters is 1. The van der Waals surface area contributed by atoms with Crippen molar-refractivity contribution in [3.8, 4) is 0 Å². The predicted octanol–water partition coefficient (Wildman–Crippen LogP) is 2.86. The Morgan fingerprint density at radius 3 is 2.26 bits per heavy atom. The maximum absolute atomic E-state index is 13.6. The maximum atomic E-state index is 13.6. The number of benzene rings is 2. The number of nitrogens with one attached hydrogen (secondary N) is 1. The number of hydrogen-bond acceptors (Lipinski definition) is 5. The summed E-state index contributed by atoms with van der Waals surface area (Å²) in [7, 11) is -3.54. The molecule has 27 heavy (non-hydrogen) atoms. The standard InChI is InChI=1S/C18H17F2NO5S/c1-10-7-8-12(27(3,24)25)9-13(10)18(23)26-11(2)17(22)21-16-14(19)5-4-6-15(16)20/h4-9,11H,1-3H3,(H,21,22)/t11-/m0/s1. The number of aryl methyl sites for hydroxylation is 1. The van der Waals surface area contributed by atoms with Crippen LogP contribution in [0.5, 0.6) is 0 Å². The molecule has 0 aliphatic heterocycles. The van der Waals surface area contributed by atoms with Crippen LogP contribution in [0.15, 0.2) is 41.3 Å². The fraction of sp³-hybridized carbons (Fsp3) is 0.222. The second kappa shape index (κ2) is 7.83. The van der Waals surface area contributed by atoms with E-state index in [1.165, 1.54) is 19.1 Å². The van der Waals surface area contributed by atoms with Crippen molar-refractivity contribution in [1.82, 2.24) is 0 Å². The third-order valence-corrected chi connectivity index (χ3v) is 4.83. The van der Waals surface area contributed by atoms with E-state index in [-0.39, 0.29) is 10.5 Å². The number of halogens is 2. The minimum Gasteiger partial charge on any atom is -0.449 e. The van der Waals surface area contributed by atoms with Crippen molar-refractivity contribution in [2.45, 2.75) is 24.8 Å². The summed E-state index contributed by atoms with van der Waals surface area (Å²) in [6.45, 7) is 2.80. The van der Waals surface area contributed by atoms with Crippen LogP contribution in [0.25, 0.3) is 0 Å². The molecule has 0 radical (unpaired) electrons. The highest BCUT2D eigenvalue weighted by molar-refractivity contribution is 7.90. The third-order valence-electron chi connectivity index (χ3n) is 3.72. The van der Waals surface area contributed by atoms with E-state index in [0.717, 1.165) is 30.5 Å². The molecular formula is C18H17F2NO5S. The summed E-state index contributed by atoms with van der Waals surface area (Å²) in [6.07, 6.45) is -0.385. The SMILES string of the molecule is Cc1ccc(S(C)(=O)=O)cc1C(=O)O[C@@H](C)C(=O)Nc1c(F)cccc1F. The lowest BCUT2D eigenvalue weighted by Gasteiger charge is -2.15. The number of carbonyl (C=O) groups is 2. The topological polar surface area (TPSA) is 89.5 Å². The van der Waals surface area contributed by atoms with Crippen molar-refractivity contribution in [2.24, 2.45) is 0 Å². The highest BCUT2D eigenvalue weighted by atomic mass is 32.2. The molecule has 0 aromatic heterocycles. The zero-order valence-corrected chi connectivity index (χ0v) is 15.6. The first kappa shape index (κ1) is 20.5. The summed E-state index contributed by atoms with van der Waals surface area (Å²) in [4.78, 5) is 24.3. The molecule has 2 aromatic carbocycles. The van der Waals surface area contributed by atoms with E-state index in [1.54, 1.807) is 6.92 Å². The minimum absolute atomic E-state index is 0.0327. The number of hydrogen-bond donors (Lipinski definition) is 1. The minimum atomic E-state index is -3.54. The van der Waals surface area contributed by atoms with Gasteiger partial charge in [0.25, 0.3) is 5.91 Å². The molecule has 0 fully saturated rings. The lowest BCUT2D eigenvalue weighted by Crippen LogP contribution is -2.31. The molecule has 0 unspecified atom stereocenters. The van der Waals surface area contributed by atoms with Gasteiger partial charge >= 0.3 is 5.97 Å². The Hall–Kier alpha value is -2.81. The summed E-state index contributed by atoms with van der Waals surface area (Å²) in [5.41, 5.74) is -0.240. The van der Waals surface area contributed by atoms with E-state index >= 15 is 0 Å². The maximum Gasteiger partial charge on any atom is 0.339 e. The Balaban J connectivity index is 2.17. The molecule has 0 bridgehead atoms. The molecule has 0 saturated heterocycles. The number of sulfone groups is 1. The van der Waals surface area contributed by atoms with Crippen LogP contribution >= 0.6 is 0 Å². The number of anilines is 1. The van der Waals surface area contributed by atoms with E-state index in [4.69, 9.17) is 4.74 Å². The Kier molecular flexibility index (Phi) is 5.94. The molecular weight excluding hydrogens is 380 g/mol. The van der Waals surface area contributed by atoms with E-state index in [2.05, 4.69) is 0 Å². The molecule has 1 atom stereocenters. The molecule has 6 nitrogen and oxygen atoms in total. The number of para-hydroxylation sites is 1. The molecule has 0 aliphatic carbocycles. The Morgan fingerprint density at radius 1 is 1.11 bits per heavy atom. The van der Waals surface area contributed by atoms with Crippen molar-refractivity contribution in [3.05, 3.63) is 59.2 Å². The molecule has 0 aliphatic rings.